The van der Waals surface area contributed by atoms with Crippen LogP contribution in [-0.4, -0.2) is 19.5 Å². The number of rotatable bonds is 0. The van der Waals surface area contributed by atoms with Crippen molar-refractivity contribution in [2.75, 3.05) is 7.11 Å². The van der Waals surface area contributed by atoms with Crippen molar-refractivity contribution in [2.45, 2.75) is 0 Å². The number of halogens is 1. The normalized spacial score (nSPS) is 2.75. The summed E-state index contributed by atoms with van der Waals surface area (Å²) in [6.45, 7) is 0. The first-order valence-corrected chi connectivity index (χ1v) is 1.10. The molecule has 0 unspecified atom stereocenters. The molecule has 0 aromatic heterocycles. The second-order valence-electron chi connectivity index (χ2n) is 0. The Balaban J connectivity index is 0. The fraction of sp³-hybridized carbons (Fsp3) is 1.00. The first kappa shape index (κ1) is 8.85. The molecule has 0 heterocycles. The molecule has 0 aliphatic heterocycles. The highest BCUT2D eigenvalue weighted by molar-refractivity contribution is 6.80. The molecule has 2 radical (unpaired) electrons. The van der Waals surface area contributed by atoms with E-state index in [4.69, 9.17) is 5.11 Å². The van der Waals surface area contributed by atoms with Crippen LogP contribution in [0.3, 0.4) is 0 Å². The minimum Gasteiger partial charge on any atom is -0.400 e. The summed E-state index contributed by atoms with van der Waals surface area (Å²) in [6, 6.07) is 0. The third-order valence-electron chi connectivity index (χ3n) is 0. The average molecular weight is 78.3 g/mol. The largest absolute Gasteiger partial charge is 0.400 e. The summed E-state index contributed by atoms with van der Waals surface area (Å²) in [5, 5.41) is 7.00. The third kappa shape index (κ3) is 40.4. The fourth-order valence-corrected chi connectivity index (χ4v) is 0. The Morgan fingerprint density at radius 2 is 1.50 bits per heavy atom. The smallest absolute Gasteiger partial charge is 0.214 e. The molecule has 24 valence electrons. The van der Waals surface area contributed by atoms with E-state index in [0.717, 1.165) is 7.11 Å². The van der Waals surface area contributed by atoms with Crippen LogP contribution in [-0.2, 0) is 0 Å². The van der Waals surface area contributed by atoms with Crippen molar-refractivity contribution in [3.63, 3.8) is 0 Å². The molecule has 0 atom stereocenters. The van der Waals surface area contributed by atoms with Crippen LogP contribution in [0.4, 0.5) is 0 Å². The molecule has 0 spiro atoms. The minimum absolute atomic E-state index is 1.00. The molecular formula is CH4BClO. The quantitative estimate of drug-likeness (QED) is 0.402. The first-order chi connectivity index (χ1) is 2.00. The van der Waals surface area contributed by atoms with Crippen molar-refractivity contribution in [3.05, 3.63) is 0 Å². The van der Waals surface area contributed by atoms with Crippen LogP contribution >= 0.6 is 11.5 Å². The van der Waals surface area contributed by atoms with Crippen molar-refractivity contribution < 1.29 is 5.11 Å². The zero-order valence-electron chi connectivity index (χ0n) is 2.40. The van der Waals surface area contributed by atoms with Crippen LogP contribution < -0.4 is 0 Å². The van der Waals surface area contributed by atoms with Gasteiger partial charge in [-0.25, -0.2) is 11.5 Å². The summed E-state index contributed by atoms with van der Waals surface area (Å²) in [5.74, 6) is 0. The highest BCUT2D eigenvalue weighted by atomic mass is 35.5. The van der Waals surface area contributed by atoms with E-state index >= 15 is 0 Å². The summed E-state index contributed by atoms with van der Waals surface area (Å²) in [5.41, 5.74) is 0. The molecule has 0 saturated carbocycles. The van der Waals surface area contributed by atoms with E-state index in [2.05, 4.69) is 18.7 Å². The second kappa shape index (κ2) is 179. The Hall–Kier alpha value is 0.315. The molecule has 0 saturated heterocycles. The van der Waals surface area contributed by atoms with Gasteiger partial charge in [0.05, 0.1) is 0 Å². The van der Waals surface area contributed by atoms with E-state index in [9.17, 15) is 0 Å². The van der Waals surface area contributed by atoms with Crippen molar-refractivity contribution >= 4 is 18.7 Å². The highest BCUT2D eigenvalue weighted by Crippen LogP contribution is 1.29. The van der Waals surface area contributed by atoms with E-state index in [1.165, 1.54) is 0 Å². The molecule has 0 rings (SSSR count). The molecule has 0 bridgehead atoms. The van der Waals surface area contributed by atoms with Gasteiger partial charge in [0.2, 0.25) is 7.26 Å². The number of aliphatic hydroxyl groups excluding tert-OH is 1. The van der Waals surface area contributed by atoms with Crippen LogP contribution in [0.5, 0.6) is 0 Å². The van der Waals surface area contributed by atoms with E-state index in [1.807, 2.05) is 0 Å². The molecule has 0 aliphatic rings. The lowest BCUT2D eigenvalue weighted by Gasteiger charge is -1.21. The highest BCUT2D eigenvalue weighted by Gasteiger charge is 1.02. The van der Waals surface area contributed by atoms with Gasteiger partial charge in [-0.05, 0) is 0 Å². The van der Waals surface area contributed by atoms with Gasteiger partial charge in [-0.1, -0.05) is 0 Å². The molecule has 0 aliphatic carbocycles. The standard InChI is InChI=1S/CH4O.BCl/c2*1-2/h2H,1H3;. The number of hydrogen-bond donors (Lipinski definition) is 1. The molecule has 0 aromatic carbocycles. The summed E-state index contributed by atoms with van der Waals surface area (Å²) in [7, 11) is 4.97. The van der Waals surface area contributed by atoms with Crippen LogP contribution in [0.1, 0.15) is 0 Å². The zero-order chi connectivity index (χ0) is 4.00. The van der Waals surface area contributed by atoms with Gasteiger partial charge in [0.1, 0.15) is 0 Å². The Bertz CT molecular complexity index is 8.00. The maximum Gasteiger partial charge on any atom is 0.214 e. The van der Waals surface area contributed by atoms with Gasteiger partial charge in [-0.15, -0.1) is 0 Å². The molecule has 1 N–H and O–H groups in total. The lowest BCUT2D eigenvalue weighted by molar-refractivity contribution is 0.399. The Morgan fingerprint density at radius 3 is 1.50 bits per heavy atom. The summed E-state index contributed by atoms with van der Waals surface area (Å²) < 4.78 is 0. The zero-order valence-corrected chi connectivity index (χ0v) is 3.16. The van der Waals surface area contributed by atoms with Gasteiger partial charge < -0.3 is 5.11 Å². The first-order valence-electron chi connectivity index (χ1n) is 0.665. The van der Waals surface area contributed by atoms with Gasteiger partial charge >= 0.3 is 0 Å². The van der Waals surface area contributed by atoms with Gasteiger partial charge in [0, 0.05) is 7.11 Å². The summed E-state index contributed by atoms with van der Waals surface area (Å²) >= 11 is 4.14. The Labute approximate surface area is 31.9 Å². The number of hydrogen-bond acceptors (Lipinski definition) is 1. The fourth-order valence-electron chi connectivity index (χ4n) is 0. The van der Waals surface area contributed by atoms with Crippen LogP contribution in [0.15, 0.2) is 0 Å². The van der Waals surface area contributed by atoms with E-state index in [0.29, 0.717) is 0 Å². The van der Waals surface area contributed by atoms with Gasteiger partial charge in [-0.2, -0.15) is 0 Å². The molecule has 0 aromatic rings. The predicted molar refractivity (Wildman–Crippen MR) is 19.7 cm³/mol. The maximum absolute atomic E-state index is 7.00. The predicted octanol–water partition coefficient (Wildman–Crippen LogP) is -0.0828. The van der Waals surface area contributed by atoms with Crippen molar-refractivity contribution in [1.82, 2.24) is 0 Å². The average Bonchev–Trinajstić information content (AvgIpc) is 1.50. The van der Waals surface area contributed by atoms with E-state index < -0.39 is 0 Å². The van der Waals surface area contributed by atoms with Crippen LogP contribution in [0.2, 0.25) is 0 Å². The summed E-state index contributed by atoms with van der Waals surface area (Å²) in [6.07, 6.45) is 0. The molecular weight excluding hydrogens is 74.3 g/mol. The second-order valence-corrected chi connectivity index (χ2v) is 0. The van der Waals surface area contributed by atoms with E-state index in [1.54, 1.807) is 0 Å². The van der Waals surface area contributed by atoms with Crippen molar-refractivity contribution in [2.24, 2.45) is 0 Å². The molecule has 1 nitrogen and oxygen atoms in total. The molecule has 0 amide bonds. The van der Waals surface area contributed by atoms with Crippen molar-refractivity contribution in [3.8, 4) is 0 Å². The maximum atomic E-state index is 7.00. The molecule has 4 heavy (non-hydrogen) atoms. The minimum atomic E-state index is 1.00. The molecule has 0 fully saturated rings. The molecule has 3 heteroatoms. The Morgan fingerprint density at radius 1 is 1.50 bits per heavy atom. The SMILES string of the molecule is CO.[B]Cl. The number of aliphatic hydroxyl groups is 1. The van der Waals surface area contributed by atoms with Crippen molar-refractivity contribution in [1.29, 1.82) is 0 Å². The van der Waals surface area contributed by atoms with Crippen LogP contribution in [0, 0.1) is 0 Å². The third-order valence-corrected chi connectivity index (χ3v) is 0. The monoisotopic (exact) mass is 78.0 g/mol. The summed E-state index contributed by atoms with van der Waals surface area (Å²) in [4.78, 5) is 0. The van der Waals surface area contributed by atoms with Gasteiger partial charge in [0.25, 0.3) is 0 Å². The van der Waals surface area contributed by atoms with Crippen LogP contribution in [0.25, 0.3) is 0 Å². The van der Waals surface area contributed by atoms with Gasteiger partial charge in [0.15, 0.2) is 0 Å². The topological polar surface area (TPSA) is 20.2 Å². The Kier molecular flexibility index (Phi) is 396. The van der Waals surface area contributed by atoms with Gasteiger partial charge in [-0.3, -0.25) is 0 Å². The lowest BCUT2D eigenvalue weighted by Crippen LogP contribution is -1.25. The van der Waals surface area contributed by atoms with E-state index in [-0.39, 0.29) is 0 Å². The lowest BCUT2D eigenvalue weighted by atomic mass is 10.8.